The third-order valence-electron chi connectivity index (χ3n) is 8.51. The highest BCUT2D eigenvalue weighted by Gasteiger charge is 2.20. The zero-order chi connectivity index (χ0) is 28.9. The van der Waals surface area contributed by atoms with Crippen LogP contribution in [0.4, 0.5) is 5.69 Å². The maximum Gasteiger partial charge on any atom is 0.277 e. The average Bonchev–Trinajstić information content (AvgIpc) is 3.06. The zero-order valence-electron chi connectivity index (χ0n) is 23.2. The Morgan fingerprint density at radius 2 is 0.860 bits per heavy atom. The Balaban J connectivity index is 1.51. The van der Waals surface area contributed by atoms with Gasteiger partial charge in [-0.3, -0.25) is 10.1 Å². The van der Waals surface area contributed by atoms with Crippen LogP contribution in [0.1, 0.15) is 0 Å². The summed E-state index contributed by atoms with van der Waals surface area (Å²) >= 11 is 0. The topological polar surface area (TPSA) is 43.1 Å². The molecule has 0 fully saturated rings. The Morgan fingerprint density at radius 3 is 1.47 bits per heavy atom. The molecule has 0 saturated carbocycles. The molecule has 3 heteroatoms. The summed E-state index contributed by atoms with van der Waals surface area (Å²) in [6, 6.07) is 52.0. The lowest BCUT2D eigenvalue weighted by molar-refractivity contribution is -0.384. The van der Waals surface area contributed by atoms with Crippen LogP contribution in [-0.2, 0) is 0 Å². The number of benzene rings is 8. The molecule has 0 atom stereocenters. The van der Waals surface area contributed by atoms with Gasteiger partial charge in [0.05, 0.1) is 10.5 Å². The molecule has 0 amide bonds. The second-order valence-electron chi connectivity index (χ2n) is 11.0. The molecule has 0 aromatic heterocycles. The molecule has 0 saturated heterocycles. The first kappa shape index (κ1) is 25.0. The fraction of sp³-hybridized carbons (Fsp3) is 0. The normalized spacial score (nSPS) is 11.4. The number of rotatable bonds is 4. The quantitative estimate of drug-likeness (QED) is 0.124. The maximum absolute atomic E-state index is 12.0. The third-order valence-corrected chi connectivity index (χ3v) is 8.51. The lowest BCUT2D eigenvalue weighted by atomic mass is 9.84. The Labute approximate surface area is 248 Å². The average molecular weight is 552 g/mol. The van der Waals surface area contributed by atoms with E-state index in [2.05, 4.69) is 121 Å². The summed E-state index contributed by atoms with van der Waals surface area (Å²) < 4.78 is 0. The third kappa shape index (κ3) is 4.13. The van der Waals surface area contributed by atoms with Crippen molar-refractivity contribution >= 4 is 48.8 Å². The summed E-state index contributed by atoms with van der Waals surface area (Å²) in [5.74, 6) is 0. The van der Waals surface area contributed by atoms with Gasteiger partial charge in [0.2, 0.25) is 0 Å². The van der Waals surface area contributed by atoms with Crippen LogP contribution in [-0.4, -0.2) is 4.92 Å². The minimum Gasteiger partial charge on any atom is -0.258 e. The van der Waals surface area contributed by atoms with Gasteiger partial charge in [0, 0.05) is 6.07 Å². The number of para-hydroxylation sites is 1. The van der Waals surface area contributed by atoms with Crippen LogP contribution in [0, 0.1) is 10.1 Å². The van der Waals surface area contributed by atoms with Gasteiger partial charge in [-0.25, -0.2) is 0 Å². The number of fused-ring (bicyclic) bond motifs is 4. The van der Waals surface area contributed by atoms with Crippen molar-refractivity contribution in [2.75, 3.05) is 0 Å². The summed E-state index contributed by atoms with van der Waals surface area (Å²) in [4.78, 5) is 11.7. The SMILES string of the molecule is O=[N+]([O-])c1ccccc1-c1ccc2c(-c3ccc4ccccc4c3)c3ccccc3c(-c3ccc4ccccc4c3)c2c1. The fourth-order valence-corrected chi connectivity index (χ4v) is 6.53. The first-order chi connectivity index (χ1) is 21.2. The highest BCUT2D eigenvalue weighted by Crippen LogP contribution is 2.46. The van der Waals surface area contributed by atoms with Crippen LogP contribution in [0.3, 0.4) is 0 Å². The standard InChI is InChI=1S/C40H25NO2/c42-41(43)38-16-8-7-13-33(38)30-21-22-36-37(25-30)40(32-20-18-27-10-2-4-12-29(27)24-32)35-15-6-5-14-34(35)39(36)31-19-17-26-9-1-3-11-28(26)23-31/h1-25H. The molecule has 0 aliphatic rings. The highest BCUT2D eigenvalue weighted by atomic mass is 16.6. The second kappa shape index (κ2) is 9.93. The maximum atomic E-state index is 12.0. The van der Waals surface area contributed by atoms with Crippen molar-refractivity contribution in [3.63, 3.8) is 0 Å². The minimum atomic E-state index is -0.301. The highest BCUT2D eigenvalue weighted by molar-refractivity contribution is 6.22. The largest absolute Gasteiger partial charge is 0.277 e. The Bertz CT molecular complexity index is 2390. The number of nitrogens with zero attached hydrogens (tertiary/aromatic N) is 1. The molecule has 0 spiro atoms. The number of hydrogen-bond donors (Lipinski definition) is 0. The predicted molar refractivity (Wildman–Crippen MR) is 179 cm³/mol. The van der Waals surface area contributed by atoms with E-state index in [1.165, 1.54) is 26.9 Å². The van der Waals surface area contributed by atoms with Crippen molar-refractivity contribution < 1.29 is 4.92 Å². The van der Waals surface area contributed by atoms with Crippen molar-refractivity contribution in [2.24, 2.45) is 0 Å². The van der Waals surface area contributed by atoms with E-state index in [9.17, 15) is 10.1 Å². The van der Waals surface area contributed by atoms with Gasteiger partial charge in [0.15, 0.2) is 0 Å². The first-order valence-corrected chi connectivity index (χ1v) is 14.4. The number of hydrogen-bond acceptors (Lipinski definition) is 2. The van der Waals surface area contributed by atoms with Gasteiger partial charge in [-0.15, -0.1) is 0 Å². The van der Waals surface area contributed by atoms with E-state index in [0.717, 1.165) is 44.0 Å². The van der Waals surface area contributed by atoms with E-state index in [-0.39, 0.29) is 10.6 Å². The van der Waals surface area contributed by atoms with Crippen LogP contribution >= 0.6 is 0 Å². The number of nitro groups is 1. The summed E-state index contributed by atoms with van der Waals surface area (Å²) in [6.07, 6.45) is 0. The molecule has 0 heterocycles. The fourth-order valence-electron chi connectivity index (χ4n) is 6.53. The molecule has 43 heavy (non-hydrogen) atoms. The molecule has 8 rings (SSSR count). The van der Waals surface area contributed by atoms with Crippen LogP contribution in [0.25, 0.3) is 76.5 Å². The molecular weight excluding hydrogens is 526 g/mol. The Kier molecular flexibility index (Phi) is 5.76. The van der Waals surface area contributed by atoms with Gasteiger partial charge >= 0.3 is 0 Å². The van der Waals surface area contributed by atoms with E-state index in [0.29, 0.717) is 5.56 Å². The van der Waals surface area contributed by atoms with Crippen molar-refractivity contribution in [1.82, 2.24) is 0 Å². The smallest absolute Gasteiger partial charge is 0.258 e. The van der Waals surface area contributed by atoms with Crippen molar-refractivity contribution in [1.29, 1.82) is 0 Å². The summed E-state index contributed by atoms with van der Waals surface area (Å²) in [5, 5.41) is 21.2. The minimum absolute atomic E-state index is 0.102. The van der Waals surface area contributed by atoms with Gasteiger partial charge in [-0.1, -0.05) is 121 Å². The van der Waals surface area contributed by atoms with Gasteiger partial charge in [0.1, 0.15) is 0 Å². The van der Waals surface area contributed by atoms with E-state index in [4.69, 9.17) is 0 Å². The summed E-state index contributed by atoms with van der Waals surface area (Å²) in [5.41, 5.74) is 6.08. The molecule has 0 aliphatic carbocycles. The van der Waals surface area contributed by atoms with E-state index < -0.39 is 0 Å². The van der Waals surface area contributed by atoms with Crippen LogP contribution in [0.15, 0.2) is 152 Å². The molecule has 0 bridgehead atoms. The van der Waals surface area contributed by atoms with Crippen LogP contribution in [0.5, 0.6) is 0 Å². The van der Waals surface area contributed by atoms with Gasteiger partial charge in [-0.05, 0) is 95.2 Å². The first-order valence-electron chi connectivity index (χ1n) is 14.4. The van der Waals surface area contributed by atoms with E-state index in [1.807, 2.05) is 18.2 Å². The molecule has 3 nitrogen and oxygen atoms in total. The van der Waals surface area contributed by atoms with Crippen LogP contribution < -0.4 is 0 Å². The van der Waals surface area contributed by atoms with E-state index >= 15 is 0 Å². The lowest BCUT2D eigenvalue weighted by Gasteiger charge is -2.19. The van der Waals surface area contributed by atoms with Crippen molar-refractivity contribution in [3.05, 3.63) is 162 Å². The molecule has 8 aromatic rings. The molecule has 8 aromatic carbocycles. The lowest BCUT2D eigenvalue weighted by Crippen LogP contribution is -1.94. The van der Waals surface area contributed by atoms with Gasteiger partial charge in [-0.2, -0.15) is 0 Å². The second-order valence-corrected chi connectivity index (χ2v) is 11.0. The van der Waals surface area contributed by atoms with Gasteiger partial charge < -0.3 is 0 Å². The Morgan fingerprint density at radius 1 is 0.395 bits per heavy atom. The monoisotopic (exact) mass is 551 g/mol. The molecule has 0 aliphatic heterocycles. The Hall–Kier alpha value is -5.80. The van der Waals surface area contributed by atoms with Crippen LogP contribution in [0.2, 0.25) is 0 Å². The van der Waals surface area contributed by atoms with Crippen molar-refractivity contribution in [3.8, 4) is 33.4 Å². The zero-order valence-corrected chi connectivity index (χ0v) is 23.2. The molecule has 0 radical (unpaired) electrons. The molecule has 0 N–H and O–H groups in total. The molecular formula is C40H25NO2. The number of nitro benzene ring substituents is 1. The van der Waals surface area contributed by atoms with Crippen molar-refractivity contribution in [2.45, 2.75) is 0 Å². The predicted octanol–water partition coefficient (Wildman–Crippen LogP) is 11.2. The summed E-state index contributed by atoms with van der Waals surface area (Å²) in [7, 11) is 0. The molecule has 0 unspecified atom stereocenters. The van der Waals surface area contributed by atoms with Gasteiger partial charge in [0.25, 0.3) is 5.69 Å². The van der Waals surface area contributed by atoms with E-state index in [1.54, 1.807) is 12.1 Å². The summed E-state index contributed by atoms with van der Waals surface area (Å²) in [6.45, 7) is 0. The molecule has 202 valence electrons.